The topological polar surface area (TPSA) is 134 Å². The zero-order valence-corrected chi connectivity index (χ0v) is 36.0. The molecule has 0 amide bonds. The number of ether oxygens (including phenoxy) is 2. The van der Waals surface area contributed by atoms with Gasteiger partial charge >= 0.3 is 19.8 Å². The van der Waals surface area contributed by atoms with Crippen LogP contribution in [0.15, 0.2) is 48.6 Å². The molecule has 0 fully saturated rings. The minimum Gasteiger partial charge on any atom is -0.462 e. The zero-order valence-electron chi connectivity index (χ0n) is 35.2. The van der Waals surface area contributed by atoms with Crippen LogP contribution in [0.3, 0.4) is 0 Å². The number of hydrogen-bond donors (Lipinski definition) is 2. The molecule has 2 atom stereocenters. The Morgan fingerprint density at radius 2 is 0.945 bits per heavy atom. The van der Waals surface area contributed by atoms with E-state index in [2.05, 4.69) is 62.5 Å². The predicted octanol–water partition coefficient (Wildman–Crippen LogP) is 12.7. The molecule has 0 heterocycles. The summed E-state index contributed by atoms with van der Waals surface area (Å²) < 4.78 is 32.8. The summed E-state index contributed by atoms with van der Waals surface area (Å²) in [5, 5.41) is 0. The van der Waals surface area contributed by atoms with Crippen molar-refractivity contribution in [3.8, 4) is 0 Å². The van der Waals surface area contributed by atoms with Gasteiger partial charge in [0.1, 0.15) is 6.61 Å². The molecule has 0 aromatic carbocycles. The average molecular weight is 796 g/mol. The van der Waals surface area contributed by atoms with Gasteiger partial charge in [-0.2, -0.15) is 0 Å². The summed E-state index contributed by atoms with van der Waals surface area (Å²) in [7, 11) is -4.38. The fraction of sp³-hybridized carbons (Fsp3) is 0.778. The first-order valence-corrected chi connectivity index (χ1v) is 23.6. The van der Waals surface area contributed by atoms with Crippen molar-refractivity contribution in [2.24, 2.45) is 5.73 Å². The predicted molar refractivity (Wildman–Crippen MR) is 229 cm³/mol. The first-order valence-electron chi connectivity index (χ1n) is 22.1. The molecule has 55 heavy (non-hydrogen) atoms. The van der Waals surface area contributed by atoms with Crippen LogP contribution in [0.2, 0.25) is 0 Å². The summed E-state index contributed by atoms with van der Waals surface area (Å²) in [4.78, 5) is 34.9. The Morgan fingerprint density at radius 3 is 1.44 bits per heavy atom. The molecule has 0 rings (SSSR count). The van der Waals surface area contributed by atoms with Gasteiger partial charge in [-0.05, 0) is 77.0 Å². The van der Waals surface area contributed by atoms with Gasteiger partial charge in [0, 0.05) is 19.4 Å². The van der Waals surface area contributed by atoms with Crippen LogP contribution in [0.25, 0.3) is 0 Å². The Labute approximate surface area is 336 Å². The molecule has 3 N–H and O–H groups in total. The first kappa shape index (κ1) is 53.0. The molecule has 0 bridgehead atoms. The SMILES string of the molecule is CCCCCC/C=C\CCCCCCCC(=O)OCC(COP(=O)(O)OCCN)OC(=O)CCCCCCCC/C=C\C/C=C\C/C=C\CCCCCCC. The second kappa shape index (κ2) is 41.6. The van der Waals surface area contributed by atoms with Crippen molar-refractivity contribution in [3.63, 3.8) is 0 Å². The molecule has 320 valence electrons. The largest absolute Gasteiger partial charge is 0.472 e. The van der Waals surface area contributed by atoms with Crippen LogP contribution in [0.4, 0.5) is 0 Å². The van der Waals surface area contributed by atoms with E-state index in [0.29, 0.717) is 6.42 Å². The summed E-state index contributed by atoms with van der Waals surface area (Å²) in [6, 6.07) is 0. The Bertz CT molecular complexity index is 1040. The third-order valence-corrected chi connectivity index (χ3v) is 10.2. The normalized spacial score (nSPS) is 13.7. The highest BCUT2D eigenvalue weighted by Crippen LogP contribution is 2.43. The van der Waals surface area contributed by atoms with Crippen molar-refractivity contribution >= 4 is 19.8 Å². The van der Waals surface area contributed by atoms with Gasteiger partial charge in [0.05, 0.1) is 13.2 Å². The van der Waals surface area contributed by atoms with Crippen LogP contribution in [0.1, 0.15) is 194 Å². The molecule has 0 aliphatic carbocycles. The van der Waals surface area contributed by atoms with E-state index in [1.807, 2.05) is 0 Å². The second-order valence-corrected chi connectivity index (χ2v) is 16.0. The highest BCUT2D eigenvalue weighted by molar-refractivity contribution is 7.47. The number of nitrogens with two attached hydrogens (primary N) is 1. The van der Waals surface area contributed by atoms with Gasteiger partial charge in [-0.15, -0.1) is 0 Å². The van der Waals surface area contributed by atoms with Crippen molar-refractivity contribution in [1.29, 1.82) is 0 Å². The van der Waals surface area contributed by atoms with Crippen molar-refractivity contribution in [2.75, 3.05) is 26.4 Å². The second-order valence-electron chi connectivity index (χ2n) is 14.6. The average Bonchev–Trinajstić information content (AvgIpc) is 3.17. The van der Waals surface area contributed by atoms with Crippen LogP contribution in [-0.4, -0.2) is 49.3 Å². The number of hydrogen-bond acceptors (Lipinski definition) is 8. The van der Waals surface area contributed by atoms with E-state index >= 15 is 0 Å². The maximum Gasteiger partial charge on any atom is 0.472 e. The van der Waals surface area contributed by atoms with Gasteiger partial charge in [-0.25, -0.2) is 4.57 Å². The van der Waals surface area contributed by atoms with Crippen LogP contribution in [-0.2, 0) is 32.7 Å². The zero-order chi connectivity index (χ0) is 40.3. The molecular weight excluding hydrogens is 713 g/mol. The summed E-state index contributed by atoms with van der Waals surface area (Å²) >= 11 is 0. The molecule has 9 nitrogen and oxygen atoms in total. The molecule has 0 spiro atoms. The smallest absolute Gasteiger partial charge is 0.462 e. The van der Waals surface area contributed by atoms with Gasteiger partial charge in [0.2, 0.25) is 0 Å². The number of phosphoric acid groups is 1. The molecule has 0 aromatic heterocycles. The number of rotatable bonds is 41. The van der Waals surface area contributed by atoms with Gasteiger partial charge in [-0.3, -0.25) is 18.6 Å². The molecule has 2 unspecified atom stereocenters. The molecule has 0 saturated carbocycles. The lowest BCUT2D eigenvalue weighted by molar-refractivity contribution is -0.161. The molecule has 0 radical (unpaired) electrons. The summed E-state index contributed by atoms with van der Waals surface area (Å²) in [6.45, 7) is 3.68. The minimum atomic E-state index is -4.38. The molecular formula is C45H82NO8P. The number of carbonyl (C=O) groups is 2. The summed E-state index contributed by atoms with van der Waals surface area (Å²) in [5.41, 5.74) is 5.34. The number of phosphoric ester groups is 1. The maximum absolute atomic E-state index is 12.6. The van der Waals surface area contributed by atoms with Crippen LogP contribution < -0.4 is 5.73 Å². The summed E-state index contributed by atoms with van der Waals surface area (Å²) in [6.07, 6.45) is 47.1. The third-order valence-electron chi connectivity index (χ3n) is 9.19. The lowest BCUT2D eigenvalue weighted by atomic mass is 10.1. The van der Waals surface area contributed by atoms with Gasteiger partial charge in [-0.1, -0.05) is 152 Å². The van der Waals surface area contributed by atoms with E-state index in [-0.39, 0.29) is 32.6 Å². The van der Waals surface area contributed by atoms with Crippen molar-refractivity contribution < 1.29 is 37.6 Å². The lowest BCUT2D eigenvalue weighted by Crippen LogP contribution is -2.29. The third kappa shape index (κ3) is 41.4. The molecule has 0 aromatic rings. The fourth-order valence-corrected chi connectivity index (χ4v) is 6.64. The molecule has 10 heteroatoms. The summed E-state index contributed by atoms with van der Waals surface area (Å²) in [5.74, 6) is -0.854. The highest BCUT2D eigenvalue weighted by Gasteiger charge is 2.26. The lowest BCUT2D eigenvalue weighted by Gasteiger charge is -2.19. The highest BCUT2D eigenvalue weighted by atomic mass is 31.2. The Balaban J connectivity index is 4.17. The number of carbonyl (C=O) groups excluding carboxylic acids is 2. The number of allylic oxidation sites excluding steroid dienone is 8. The Kier molecular flexibility index (Phi) is 40.1. The van der Waals surface area contributed by atoms with Crippen LogP contribution >= 0.6 is 7.82 Å². The van der Waals surface area contributed by atoms with Gasteiger partial charge in [0.15, 0.2) is 6.10 Å². The van der Waals surface area contributed by atoms with Crippen molar-refractivity contribution in [1.82, 2.24) is 0 Å². The van der Waals surface area contributed by atoms with Crippen molar-refractivity contribution in [2.45, 2.75) is 200 Å². The minimum absolute atomic E-state index is 0.0485. The van der Waals surface area contributed by atoms with E-state index in [1.54, 1.807) is 0 Å². The quantitative estimate of drug-likeness (QED) is 0.0268. The maximum atomic E-state index is 12.6. The Hall–Kier alpha value is -2.03. The number of esters is 2. The monoisotopic (exact) mass is 796 g/mol. The Morgan fingerprint density at radius 1 is 0.545 bits per heavy atom. The molecule has 0 saturated heterocycles. The van der Waals surface area contributed by atoms with Crippen LogP contribution in [0.5, 0.6) is 0 Å². The van der Waals surface area contributed by atoms with Crippen molar-refractivity contribution in [3.05, 3.63) is 48.6 Å². The van der Waals surface area contributed by atoms with E-state index < -0.39 is 32.5 Å². The van der Waals surface area contributed by atoms with E-state index in [9.17, 15) is 19.0 Å². The van der Waals surface area contributed by atoms with Crippen LogP contribution in [0, 0.1) is 0 Å². The van der Waals surface area contributed by atoms with E-state index in [0.717, 1.165) is 89.9 Å². The molecule has 0 aliphatic heterocycles. The standard InChI is InChI=1S/C45H82NO8P/c1-3-5-7-9-11-13-15-17-18-19-20-21-22-23-24-26-28-30-32-34-36-38-45(48)54-43(42-53-55(49,50)52-40-39-46)41-51-44(47)37-35-33-31-29-27-25-16-14-12-10-8-6-4-2/h14-17,19-20,22-23,43H,3-13,18,21,24-42,46H2,1-2H3,(H,49,50)/b16-14-,17-15-,20-19-,23-22-. The van der Waals surface area contributed by atoms with Gasteiger partial charge < -0.3 is 20.1 Å². The first-order chi connectivity index (χ1) is 26.8. The molecule has 0 aliphatic rings. The van der Waals surface area contributed by atoms with E-state index in [4.69, 9.17) is 24.3 Å². The van der Waals surface area contributed by atoms with E-state index in [1.165, 1.54) is 70.6 Å². The fourth-order valence-electron chi connectivity index (χ4n) is 5.87. The number of unbranched alkanes of at least 4 members (excludes halogenated alkanes) is 20. The van der Waals surface area contributed by atoms with Gasteiger partial charge in [0.25, 0.3) is 0 Å².